The van der Waals surface area contributed by atoms with E-state index < -0.39 is 0 Å². The van der Waals surface area contributed by atoms with Gasteiger partial charge < -0.3 is 5.32 Å². The van der Waals surface area contributed by atoms with E-state index in [4.69, 9.17) is 0 Å². The first-order valence-corrected chi connectivity index (χ1v) is 3.70. The Balaban J connectivity index is 2.51. The van der Waals surface area contributed by atoms with Crippen LogP contribution in [0.15, 0.2) is 18.2 Å². The Morgan fingerprint density at radius 2 is 2.20 bits per heavy atom. The Morgan fingerprint density at radius 1 is 1.30 bits per heavy atom. The summed E-state index contributed by atoms with van der Waals surface area (Å²) >= 11 is 0. The summed E-state index contributed by atoms with van der Waals surface area (Å²) in [6, 6.07) is 6.46. The summed E-state index contributed by atoms with van der Waals surface area (Å²) in [6.45, 7) is 0. The Kier molecular flexibility index (Phi) is 1.16. The number of hydrogen-bond donors (Lipinski definition) is 1. The van der Waals surface area contributed by atoms with E-state index in [-0.39, 0.29) is 0 Å². The molecule has 0 fully saturated rings. The molecule has 0 amide bonds. The molecule has 0 bridgehead atoms. The number of benzene rings is 1. The third-order valence-corrected chi connectivity index (χ3v) is 2.19. The normalized spacial score (nSPS) is 13.7. The quantitative estimate of drug-likeness (QED) is 0.616. The average Bonchev–Trinajstić information content (AvgIpc) is 1.91. The second-order valence-corrected chi connectivity index (χ2v) is 2.69. The van der Waals surface area contributed by atoms with E-state index in [2.05, 4.69) is 23.5 Å². The van der Waals surface area contributed by atoms with Crippen molar-refractivity contribution in [1.29, 1.82) is 0 Å². The van der Waals surface area contributed by atoms with E-state index in [1.54, 1.807) is 0 Å². The van der Waals surface area contributed by atoms with Gasteiger partial charge in [0.15, 0.2) is 0 Å². The molecule has 0 aromatic heterocycles. The van der Waals surface area contributed by atoms with Crippen LogP contribution in [0.1, 0.15) is 11.1 Å². The molecule has 0 atom stereocenters. The smallest absolute Gasteiger partial charge is 0.0373 e. The zero-order valence-electron chi connectivity index (χ0n) is 6.15. The first kappa shape index (κ1) is 5.78. The molecule has 1 heteroatoms. The van der Waals surface area contributed by atoms with Crippen LogP contribution in [0, 0.1) is 0 Å². The van der Waals surface area contributed by atoms with Gasteiger partial charge in [0.1, 0.15) is 0 Å². The lowest BCUT2D eigenvalue weighted by Crippen LogP contribution is -2.10. The van der Waals surface area contributed by atoms with E-state index >= 15 is 0 Å². The molecule has 0 radical (unpaired) electrons. The van der Waals surface area contributed by atoms with Crippen molar-refractivity contribution in [3.05, 3.63) is 29.3 Å². The van der Waals surface area contributed by atoms with Gasteiger partial charge in [0.2, 0.25) is 0 Å². The molecule has 1 N–H and O–H groups in total. The molecule has 0 spiro atoms. The second kappa shape index (κ2) is 2.01. The van der Waals surface area contributed by atoms with Gasteiger partial charge in [-0.3, -0.25) is 0 Å². The van der Waals surface area contributed by atoms with E-state index in [0.717, 1.165) is 0 Å². The fraction of sp³-hybridized carbons (Fsp3) is 0.333. The van der Waals surface area contributed by atoms with Gasteiger partial charge in [-0.05, 0) is 30.0 Å². The van der Waals surface area contributed by atoms with E-state index in [1.807, 2.05) is 7.05 Å². The number of anilines is 1. The summed E-state index contributed by atoms with van der Waals surface area (Å²) in [4.78, 5) is 0. The monoisotopic (exact) mass is 133 g/mol. The third kappa shape index (κ3) is 0.635. The van der Waals surface area contributed by atoms with Crippen LogP contribution in [0.25, 0.3) is 0 Å². The molecule has 1 aromatic rings. The van der Waals surface area contributed by atoms with Crippen molar-refractivity contribution < 1.29 is 0 Å². The summed E-state index contributed by atoms with van der Waals surface area (Å²) in [5.41, 5.74) is 4.35. The van der Waals surface area contributed by atoms with Crippen LogP contribution in [0.3, 0.4) is 0 Å². The van der Waals surface area contributed by atoms with Crippen LogP contribution in [0.5, 0.6) is 0 Å². The van der Waals surface area contributed by atoms with Crippen molar-refractivity contribution in [3.63, 3.8) is 0 Å². The average molecular weight is 133 g/mol. The molecule has 1 aliphatic carbocycles. The van der Waals surface area contributed by atoms with Gasteiger partial charge in [-0.2, -0.15) is 0 Å². The minimum atomic E-state index is 1.26. The molecular weight excluding hydrogens is 122 g/mol. The van der Waals surface area contributed by atoms with Gasteiger partial charge in [-0.25, -0.2) is 0 Å². The zero-order chi connectivity index (χ0) is 6.97. The van der Waals surface area contributed by atoms with Crippen LogP contribution < -0.4 is 5.32 Å². The van der Waals surface area contributed by atoms with Crippen molar-refractivity contribution in [2.45, 2.75) is 12.8 Å². The number of rotatable bonds is 1. The fourth-order valence-corrected chi connectivity index (χ4v) is 1.48. The Morgan fingerprint density at radius 3 is 2.70 bits per heavy atom. The molecule has 1 nitrogen and oxygen atoms in total. The van der Waals surface area contributed by atoms with Crippen molar-refractivity contribution in [1.82, 2.24) is 0 Å². The summed E-state index contributed by atoms with van der Waals surface area (Å²) < 4.78 is 0. The Hall–Kier alpha value is -0.980. The predicted molar refractivity (Wildman–Crippen MR) is 43.4 cm³/mol. The minimum Gasteiger partial charge on any atom is -0.388 e. The summed E-state index contributed by atoms with van der Waals surface area (Å²) in [6.07, 6.45) is 2.52. The summed E-state index contributed by atoms with van der Waals surface area (Å²) in [5, 5.41) is 3.19. The highest BCUT2D eigenvalue weighted by atomic mass is 14.8. The zero-order valence-corrected chi connectivity index (χ0v) is 6.15. The van der Waals surface area contributed by atoms with Gasteiger partial charge in [0.25, 0.3) is 0 Å². The number of hydrogen-bond acceptors (Lipinski definition) is 1. The Labute approximate surface area is 61.1 Å². The summed E-state index contributed by atoms with van der Waals surface area (Å²) in [5.74, 6) is 0. The lowest BCUT2D eigenvalue weighted by Gasteiger charge is -2.21. The molecule has 0 saturated heterocycles. The number of aryl methyl sites for hydroxylation is 1. The molecule has 1 aliphatic rings. The van der Waals surface area contributed by atoms with E-state index in [9.17, 15) is 0 Å². The summed E-state index contributed by atoms with van der Waals surface area (Å²) in [7, 11) is 1.98. The van der Waals surface area contributed by atoms with Crippen LogP contribution in [-0.4, -0.2) is 7.05 Å². The maximum atomic E-state index is 3.19. The highest BCUT2D eigenvalue weighted by molar-refractivity contribution is 5.58. The highest BCUT2D eigenvalue weighted by Crippen LogP contribution is 2.29. The van der Waals surface area contributed by atoms with Gasteiger partial charge in [0.05, 0.1) is 0 Å². The molecular formula is C9H11N. The molecule has 0 aliphatic heterocycles. The lowest BCUT2D eigenvalue weighted by molar-refractivity contribution is 0.842. The van der Waals surface area contributed by atoms with Crippen LogP contribution >= 0.6 is 0 Å². The van der Waals surface area contributed by atoms with Gasteiger partial charge in [-0.1, -0.05) is 12.1 Å². The van der Waals surface area contributed by atoms with E-state index in [0.29, 0.717) is 0 Å². The van der Waals surface area contributed by atoms with Gasteiger partial charge in [0, 0.05) is 12.7 Å². The first-order chi connectivity index (χ1) is 4.92. The van der Waals surface area contributed by atoms with Gasteiger partial charge >= 0.3 is 0 Å². The van der Waals surface area contributed by atoms with Crippen molar-refractivity contribution in [2.24, 2.45) is 0 Å². The third-order valence-electron chi connectivity index (χ3n) is 2.19. The fourth-order valence-electron chi connectivity index (χ4n) is 1.48. The van der Waals surface area contributed by atoms with Crippen molar-refractivity contribution >= 4 is 5.69 Å². The second-order valence-electron chi connectivity index (χ2n) is 2.69. The van der Waals surface area contributed by atoms with Gasteiger partial charge in [-0.15, -0.1) is 0 Å². The molecule has 0 saturated carbocycles. The van der Waals surface area contributed by atoms with Crippen LogP contribution in [-0.2, 0) is 12.8 Å². The number of fused-ring (bicyclic) bond motifs is 1. The molecule has 10 heavy (non-hydrogen) atoms. The predicted octanol–water partition coefficient (Wildman–Crippen LogP) is 1.83. The molecule has 52 valence electrons. The SMILES string of the molecule is CNc1cccc2c1CC2. The van der Waals surface area contributed by atoms with Crippen molar-refractivity contribution in [3.8, 4) is 0 Å². The maximum Gasteiger partial charge on any atom is 0.0373 e. The Bertz CT molecular complexity index is 253. The molecule has 0 heterocycles. The van der Waals surface area contributed by atoms with Crippen LogP contribution in [0.2, 0.25) is 0 Å². The number of nitrogens with one attached hydrogen (secondary N) is 1. The molecule has 0 unspecified atom stereocenters. The standard InChI is InChI=1S/C9H11N/c1-10-9-4-2-3-7-5-6-8(7)9/h2-4,10H,5-6H2,1H3. The largest absolute Gasteiger partial charge is 0.388 e. The lowest BCUT2D eigenvalue weighted by atomic mass is 9.87. The molecule has 1 aromatic carbocycles. The first-order valence-electron chi connectivity index (χ1n) is 3.70. The molecule has 2 rings (SSSR count). The van der Waals surface area contributed by atoms with Crippen LogP contribution in [0.4, 0.5) is 5.69 Å². The van der Waals surface area contributed by atoms with E-state index in [1.165, 1.54) is 29.7 Å². The minimum absolute atomic E-state index is 1.26. The highest BCUT2D eigenvalue weighted by Gasteiger charge is 2.14. The van der Waals surface area contributed by atoms with Crippen molar-refractivity contribution in [2.75, 3.05) is 12.4 Å². The maximum absolute atomic E-state index is 3.19. The topological polar surface area (TPSA) is 12.0 Å².